The van der Waals surface area contributed by atoms with Crippen LogP contribution in [0.2, 0.25) is 0 Å². The molecular formula is C4H10OP2. The molecule has 0 fully saturated rings. The monoisotopic (exact) mass is 136 g/mol. The highest BCUT2D eigenvalue weighted by Crippen LogP contribution is 2.20. The molecule has 0 heterocycles. The first-order valence-electron chi connectivity index (χ1n) is 2.10. The highest BCUT2D eigenvalue weighted by Gasteiger charge is 1.70. The van der Waals surface area contributed by atoms with Crippen LogP contribution in [0.15, 0.2) is 12.2 Å². The summed E-state index contributed by atoms with van der Waals surface area (Å²) in [6.07, 6.45) is 3.96. The van der Waals surface area contributed by atoms with E-state index in [1.807, 2.05) is 19.1 Å². The van der Waals surface area contributed by atoms with Crippen LogP contribution in [0.5, 0.6) is 0 Å². The summed E-state index contributed by atoms with van der Waals surface area (Å²) < 4.78 is 4.98. The van der Waals surface area contributed by atoms with Crippen LogP contribution in [-0.4, -0.2) is 6.61 Å². The van der Waals surface area contributed by atoms with E-state index in [9.17, 15) is 0 Å². The smallest absolute Gasteiger partial charge is 0.0691 e. The van der Waals surface area contributed by atoms with Gasteiger partial charge in [0.25, 0.3) is 0 Å². The lowest BCUT2D eigenvalue weighted by Crippen LogP contribution is -1.71. The van der Waals surface area contributed by atoms with Crippen molar-refractivity contribution in [2.45, 2.75) is 6.92 Å². The van der Waals surface area contributed by atoms with Crippen molar-refractivity contribution >= 4 is 17.4 Å². The lowest BCUT2D eigenvalue weighted by molar-refractivity contribution is 0.424. The quantitative estimate of drug-likeness (QED) is 0.327. The summed E-state index contributed by atoms with van der Waals surface area (Å²) in [4.78, 5) is 0. The molecule has 0 N–H and O–H groups in total. The molecule has 2 atom stereocenters. The van der Waals surface area contributed by atoms with Gasteiger partial charge in [0.2, 0.25) is 0 Å². The summed E-state index contributed by atoms with van der Waals surface area (Å²) in [5.74, 6) is 0. The van der Waals surface area contributed by atoms with Crippen LogP contribution >= 0.6 is 17.4 Å². The van der Waals surface area contributed by atoms with Crippen molar-refractivity contribution in [2.24, 2.45) is 0 Å². The Morgan fingerprint density at radius 3 is 3.00 bits per heavy atom. The zero-order valence-electron chi connectivity index (χ0n) is 4.35. The number of allylic oxidation sites excluding steroid dienone is 1. The van der Waals surface area contributed by atoms with Crippen molar-refractivity contribution in [2.75, 3.05) is 6.61 Å². The summed E-state index contributed by atoms with van der Waals surface area (Å²) in [7, 11) is 3.05. The molecule has 0 rings (SSSR count). The Morgan fingerprint density at radius 2 is 2.57 bits per heavy atom. The SMILES string of the molecule is C/C=C/COPP. The summed E-state index contributed by atoms with van der Waals surface area (Å²) in [5.41, 5.74) is 0. The number of hydrogen-bond donors (Lipinski definition) is 0. The van der Waals surface area contributed by atoms with Gasteiger partial charge in [0, 0.05) is 8.50 Å². The van der Waals surface area contributed by atoms with Gasteiger partial charge in [-0.1, -0.05) is 21.1 Å². The Kier molecular flexibility index (Phi) is 7.08. The standard InChI is InChI=1S/C4H10OP2/c1-2-3-4-5-7-6/h2-3,7H,4,6H2,1H3/b3-2+. The highest BCUT2D eigenvalue weighted by molar-refractivity contribution is 8.00. The maximum Gasteiger partial charge on any atom is 0.0691 e. The second-order valence-corrected chi connectivity index (χ2v) is 2.23. The number of hydrogen-bond acceptors (Lipinski definition) is 1. The van der Waals surface area contributed by atoms with Gasteiger partial charge in [-0.25, -0.2) is 0 Å². The molecule has 0 aromatic carbocycles. The van der Waals surface area contributed by atoms with Gasteiger partial charge in [-0.3, -0.25) is 0 Å². The molecule has 0 aliphatic carbocycles. The lowest BCUT2D eigenvalue weighted by Gasteiger charge is -1.89. The van der Waals surface area contributed by atoms with Crippen LogP contribution < -0.4 is 0 Å². The van der Waals surface area contributed by atoms with Crippen molar-refractivity contribution in [3.8, 4) is 0 Å². The van der Waals surface area contributed by atoms with E-state index in [0.717, 1.165) is 6.61 Å². The molecular weight excluding hydrogens is 126 g/mol. The average Bonchev–Trinajstić information content (AvgIpc) is 1.69. The first-order chi connectivity index (χ1) is 3.41. The Hall–Kier alpha value is 0.560. The maximum absolute atomic E-state index is 4.98. The second kappa shape index (κ2) is 6.56. The van der Waals surface area contributed by atoms with Gasteiger partial charge in [0.1, 0.15) is 0 Å². The van der Waals surface area contributed by atoms with Crippen LogP contribution in [0.1, 0.15) is 6.92 Å². The minimum Gasteiger partial charge on any atom is -0.354 e. The average molecular weight is 136 g/mol. The molecule has 0 aromatic heterocycles. The Bertz CT molecular complexity index is 53.7. The molecule has 0 amide bonds. The van der Waals surface area contributed by atoms with E-state index in [-0.39, 0.29) is 0 Å². The summed E-state index contributed by atoms with van der Waals surface area (Å²) in [6.45, 7) is 2.73. The zero-order valence-corrected chi connectivity index (χ0v) is 6.50. The zero-order chi connectivity index (χ0) is 5.54. The van der Waals surface area contributed by atoms with Crippen molar-refractivity contribution in [1.82, 2.24) is 0 Å². The van der Waals surface area contributed by atoms with Gasteiger partial charge in [-0.2, -0.15) is 0 Å². The van der Waals surface area contributed by atoms with Gasteiger partial charge in [-0.15, -0.1) is 0 Å². The van der Waals surface area contributed by atoms with E-state index in [1.165, 1.54) is 0 Å². The first-order valence-corrected chi connectivity index (χ1v) is 4.82. The molecule has 0 spiro atoms. The second-order valence-electron chi connectivity index (χ2n) is 0.998. The first kappa shape index (κ1) is 7.56. The summed E-state index contributed by atoms with van der Waals surface area (Å²) >= 11 is 0. The predicted octanol–water partition coefficient (Wildman–Crippen LogP) is 1.96. The molecule has 0 radical (unpaired) electrons. The fourth-order valence-corrected chi connectivity index (χ4v) is 0.674. The molecule has 42 valence electrons. The molecule has 0 aromatic rings. The third-order valence-corrected chi connectivity index (χ3v) is 1.33. The highest BCUT2D eigenvalue weighted by atomic mass is 32.0. The van der Waals surface area contributed by atoms with Crippen LogP contribution in [0.3, 0.4) is 0 Å². The molecule has 0 bridgehead atoms. The molecule has 7 heavy (non-hydrogen) atoms. The Balaban J connectivity index is 2.69. The van der Waals surface area contributed by atoms with Crippen LogP contribution in [0.4, 0.5) is 0 Å². The van der Waals surface area contributed by atoms with Gasteiger partial charge in [0.05, 0.1) is 6.61 Å². The van der Waals surface area contributed by atoms with Gasteiger partial charge in [-0.05, 0) is 6.92 Å². The minimum atomic E-state index is 0.533. The van der Waals surface area contributed by atoms with Crippen molar-refractivity contribution < 1.29 is 4.52 Å². The van der Waals surface area contributed by atoms with Crippen LogP contribution in [-0.2, 0) is 4.52 Å². The summed E-state index contributed by atoms with van der Waals surface area (Å²) in [5, 5.41) is 0. The fourth-order valence-electron chi connectivity index (χ4n) is 0.192. The van der Waals surface area contributed by atoms with Crippen LogP contribution in [0, 0.1) is 0 Å². The largest absolute Gasteiger partial charge is 0.354 e. The fraction of sp³-hybridized carbons (Fsp3) is 0.500. The van der Waals surface area contributed by atoms with E-state index in [4.69, 9.17) is 4.52 Å². The normalized spacial score (nSPS) is 12.3. The predicted molar refractivity (Wildman–Crippen MR) is 38.8 cm³/mol. The van der Waals surface area contributed by atoms with E-state index in [1.54, 1.807) is 0 Å². The Morgan fingerprint density at radius 1 is 1.86 bits per heavy atom. The van der Waals surface area contributed by atoms with Crippen LogP contribution in [0.25, 0.3) is 0 Å². The summed E-state index contributed by atoms with van der Waals surface area (Å²) in [6, 6.07) is 0. The molecule has 3 heteroatoms. The van der Waals surface area contributed by atoms with E-state index in [0.29, 0.717) is 8.50 Å². The minimum absolute atomic E-state index is 0.533. The van der Waals surface area contributed by atoms with Crippen molar-refractivity contribution in [3.05, 3.63) is 12.2 Å². The van der Waals surface area contributed by atoms with Gasteiger partial charge < -0.3 is 4.52 Å². The van der Waals surface area contributed by atoms with E-state index >= 15 is 0 Å². The van der Waals surface area contributed by atoms with Crippen molar-refractivity contribution in [3.63, 3.8) is 0 Å². The van der Waals surface area contributed by atoms with Crippen molar-refractivity contribution in [1.29, 1.82) is 0 Å². The van der Waals surface area contributed by atoms with E-state index < -0.39 is 0 Å². The van der Waals surface area contributed by atoms with Gasteiger partial charge >= 0.3 is 0 Å². The third-order valence-electron chi connectivity index (χ3n) is 0.499. The van der Waals surface area contributed by atoms with E-state index in [2.05, 4.69) is 8.93 Å². The third kappa shape index (κ3) is 6.56. The Labute approximate surface area is 48.5 Å². The topological polar surface area (TPSA) is 9.23 Å². The molecule has 0 saturated carbocycles. The maximum atomic E-state index is 4.98. The molecule has 0 saturated heterocycles. The molecule has 0 aliphatic heterocycles. The van der Waals surface area contributed by atoms with Gasteiger partial charge in [0.15, 0.2) is 0 Å². The number of rotatable bonds is 3. The molecule has 0 aliphatic rings. The molecule has 1 nitrogen and oxygen atoms in total. The molecule has 2 unspecified atom stereocenters. The lowest BCUT2D eigenvalue weighted by atomic mass is 10.6.